The second-order valence-electron chi connectivity index (χ2n) is 6.99. The van der Waals surface area contributed by atoms with Crippen LogP contribution in [-0.4, -0.2) is 45.7 Å². The van der Waals surface area contributed by atoms with Crippen molar-refractivity contribution in [2.75, 3.05) is 13.1 Å². The zero-order chi connectivity index (χ0) is 22.2. The van der Waals surface area contributed by atoms with Crippen molar-refractivity contribution in [3.8, 4) is 34.0 Å². The van der Waals surface area contributed by atoms with Gasteiger partial charge in [0.25, 0.3) is 0 Å². The molecule has 158 valence electrons. The SMILES string of the molecule is Oc1c(C=NCCN=Cc2cccc(-c3ccccn3)c2O)cccc1-c1ccccn1. The number of nitrogens with zero attached hydrogens (tertiary/aromatic N) is 4. The predicted molar refractivity (Wildman–Crippen MR) is 128 cm³/mol. The van der Waals surface area contributed by atoms with Gasteiger partial charge in [0, 0.05) is 47.1 Å². The highest BCUT2D eigenvalue weighted by molar-refractivity contribution is 5.89. The molecule has 2 aromatic heterocycles. The van der Waals surface area contributed by atoms with E-state index in [0.29, 0.717) is 46.7 Å². The van der Waals surface area contributed by atoms with E-state index in [1.54, 1.807) is 37.0 Å². The molecule has 2 heterocycles. The van der Waals surface area contributed by atoms with Crippen LogP contribution in [0.4, 0.5) is 0 Å². The van der Waals surface area contributed by atoms with Gasteiger partial charge in [-0.05, 0) is 48.5 Å². The standard InChI is InChI=1S/C26H22N4O2/c31-25-19(7-5-9-21(25)23-11-1-3-13-29-23)17-27-15-16-28-18-20-8-6-10-22(26(20)32)24-12-2-4-14-30-24/h1-14,17-18,31-32H,15-16H2. The quantitative estimate of drug-likeness (QED) is 0.332. The number of phenolic OH excluding ortho intramolecular Hbond substituents is 2. The molecule has 0 spiro atoms. The normalized spacial score (nSPS) is 11.4. The lowest BCUT2D eigenvalue weighted by Crippen LogP contribution is -1.93. The summed E-state index contributed by atoms with van der Waals surface area (Å²) in [5, 5.41) is 21.1. The first kappa shape index (κ1) is 20.9. The number of benzene rings is 2. The number of pyridine rings is 2. The molecule has 0 saturated carbocycles. The summed E-state index contributed by atoms with van der Waals surface area (Å²) in [7, 11) is 0. The molecule has 0 aliphatic carbocycles. The summed E-state index contributed by atoms with van der Waals surface area (Å²) >= 11 is 0. The third-order valence-corrected chi connectivity index (χ3v) is 4.84. The minimum Gasteiger partial charge on any atom is -0.507 e. The number of aromatic nitrogens is 2. The van der Waals surface area contributed by atoms with E-state index in [1.807, 2.05) is 60.7 Å². The average molecular weight is 422 g/mol. The van der Waals surface area contributed by atoms with Crippen LogP contribution in [0.5, 0.6) is 11.5 Å². The fraction of sp³-hybridized carbons (Fsp3) is 0.0769. The van der Waals surface area contributed by atoms with Crippen LogP contribution >= 0.6 is 0 Å². The summed E-state index contributed by atoms with van der Waals surface area (Å²) in [6, 6.07) is 22.1. The van der Waals surface area contributed by atoms with Crippen molar-refractivity contribution in [2.24, 2.45) is 9.98 Å². The summed E-state index contributed by atoms with van der Waals surface area (Å²) in [5.74, 6) is 0.296. The molecular weight excluding hydrogens is 400 g/mol. The molecule has 0 radical (unpaired) electrons. The highest BCUT2D eigenvalue weighted by Gasteiger charge is 2.09. The van der Waals surface area contributed by atoms with Crippen LogP contribution in [0.25, 0.3) is 22.5 Å². The fourth-order valence-corrected chi connectivity index (χ4v) is 3.23. The second-order valence-corrected chi connectivity index (χ2v) is 6.99. The van der Waals surface area contributed by atoms with E-state index in [-0.39, 0.29) is 11.5 Å². The zero-order valence-corrected chi connectivity index (χ0v) is 17.3. The fourth-order valence-electron chi connectivity index (χ4n) is 3.23. The summed E-state index contributed by atoms with van der Waals surface area (Å²) in [6.07, 6.45) is 6.65. The Labute approximate surface area is 186 Å². The third-order valence-electron chi connectivity index (χ3n) is 4.84. The van der Waals surface area contributed by atoms with Gasteiger partial charge in [0.15, 0.2) is 0 Å². The molecule has 0 aliphatic rings. The molecule has 6 nitrogen and oxygen atoms in total. The van der Waals surface area contributed by atoms with Crippen molar-refractivity contribution in [3.63, 3.8) is 0 Å². The Kier molecular flexibility index (Phi) is 6.63. The molecule has 0 aliphatic heterocycles. The van der Waals surface area contributed by atoms with Crippen molar-refractivity contribution in [3.05, 3.63) is 96.3 Å². The number of para-hydroxylation sites is 2. The number of hydrogen-bond donors (Lipinski definition) is 2. The number of rotatable bonds is 7. The van der Waals surface area contributed by atoms with Crippen LogP contribution in [-0.2, 0) is 0 Å². The molecule has 4 aromatic rings. The monoisotopic (exact) mass is 422 g/mol. The largest absolute Gasteiger partial charge is 0.507 e. The summed E-state index contributed by atoms with van der Waals surface area (Å²) in [5.41, 5.74) is 3.98. The van der Waals surface area contributed by atoms with Crippen molar-refractivity contribution < 1.29 is 10.2 Å². The lowest BCUT2D eigenvalue weighted by molar-refractivity contribution is 0.475. The molecule has 0 fully saturated rings. The van der Waals surface area contributed by atoms with E-state index in [9.17, 15) is 10.2 Å². The summed E-state index contributed by atoms with van der Waals surface area (Å²) < 4.78 is 0. The van der Waals surface area contributed by atoms with Gasteiger partial charge in [0.1, 0.15) is 11.5 Å². The first-order valence-corrected chi connectivity index (χ1v) is 10.2. The molecule has 0 bridgehead atoms. The van der Waals surface area contributed by atoms with Crippen LogP contribution in [0.15, 0.2) is 95.2 Å². The van der Waals surface area contributed by atoms with Crippen molar-refractivity contribution in [1.29, 1.82) is 0 Å². The molecule has 32 heavy (non-hydrogen) atoms. The zero-order valence-electron chi connectivity index (χ0n) is 17.3. The number of aromatic hydroxyl groups is 2. The van der Waals surface area contributed by atoms with E-state index < -0.39 is 0 Å². The van der Waals surface area contributed by atoms with Gasteiger partial charge in [0.2, 0.25) is 0 Å². The molecule has 0 atom stereocenters. The Morgan fingerprint density at radius 2 is 1.06 bits per heavy atom. The van der Waals surface area contributed by atoms with E-state index in [0.717, 1.165) is 0 Å². The third kappa shape index (κ3) is 4.87. The van der Waals surface area contributed by atoms with Gasteiger partial charge in [-0.2, -0.15) is 0 Å². The average Bonchev–Trinajstić information content (AvgIpc) is 2.84. The predicted octanol–water partition coefficient (Wildman–Crippen LogP) is 4.76. The Balaban J connectivity index is 1.39. The maximum Gasteiger partial charge on any atom is 0.133 e. The van der Waals surface area contributed by atoms with Gasteiger partial charge in [-0.1, -0.05) is 24.3 Å². The van der Waals surface area contributed by atoms with Gasteiger partial charge in [-0.25, -0.2) is 0 Å². The number of phenols is 2. The molecule has 0 amide bonds. The highest BCUT2D eigenvalue weighted by atomic mass is 16.3. The molecule has 0 unspecified atom stereocenters. The maximum atomic E-state index is 10.6. The minimum atomic E-state index is 0.148. The van der Waals surface area contributed by atoms with E-state index in [1.165, 1.54) is 0 Å². The van der Waals surface area contributed by atoms with Gasteiger partial charge >= 0.3 is 0 Å². The summed E-state index contributed by atoms with van der Waals surface area (Å²) in [4.78, 5) is 17.3. The summed E-state index contributed by atoms with van der Waals surface area (Å²) in [6.45, 7) is 0.898. The molecule has 6 heteroatoms. The van der Waals surface area contributed by atoms with Crippen molar-refractivity contribution in [1.82, 2.24) is 9.97 Å². The Morgan fingerprint density at radius 3 is 1.47 bits per heavy atom. The van der Waals surface area contributed by atoms with Crippen LogP contribution in [0, 0.1) is 0 Å². The van der Waals surface area contributed by atoms with E-state index in [2.05, 4.69) is 20.0 Å². The van der Waals surface area contributed by atoms with Crippen LogP contribution in [0.3, 0.4) is 0 Å². The van der Waals surface area contributed by atoms with Crippen molar-refractivity contribution in [2.45, 2.75) is 0 Å². The Hall–Kier alpha value is -4.32. The van der Waals surface area contributed by atoms with Gasteiger partial charge in [-0.15, -0.1) is 0 Å². The first-order valence-electron chi connectivity index (χ1n) is 10.2. The Bertz CT molecular complexity index is 1140. The Morgan fingerprint density at radius 1 is 0.594 bits per heavy atom. The molecule has 2 aromatic carbocycles. The highest BCUT2D eigenvalue weighted by Crippen LogP contribution is 2.30. The maximum absolute atomic E-state index is 10.6. The topological polar surface area (TPSA) is 91.0 Å². The van der Waals surface area contributed by atoms with Gasteiger partial charge in [0.05, 0.1) is 24.5 Å². The molecular formula is C26H22N4O2. The smallest absolute Gasteiger partial charge is 0.133 e. The van der Waals surface area contributed by atoms with Crippen LogP contribution < -0.4 is 0 Å². The lowest BCUT2D eigenvalue weighted by atomic mass is 10.1. The first-order chi connectivity index (χ1) is 15.7. The molecule has 2 N–H and O–H groups in total. The lowest BCUT2D eigenvalue weighted by Gasteiger charge is -2.06. The molecule has 4 rings (SSSR count). The van der Waals surface area contributed by atoms with Crippen LogP contribution in [0.2, 0.25) is 0 Å². The molecule has 0 saturated heterocycles. The van der Waals surface area contributed by atoms with Gasteiger partial charge < -0.3 is 10.2 Å². The van der Waals surface area contributed by atoms with E-state index in [4.69, 9.17) is 0 Å². The van der Waals surface area contributed by atoms with Crippen LogP contribution in [0.1, 0.15) is 11.1 Å². The minimum absolute atomic E-state index is 0.148. The number of aliphatic imine (C=N–C) groups is 2. The number of hydrogen-bond acceptors (Lipinski definition) is 6. The van der Waals surface area contributed by atoms with Gasteiger partial charge in [-0.3, -0.25) is 20.0 Å². The van der Waals surface area contributed by atoms with Crippen molar-refractivity contribution >= 4 is 12.4 Å². The van der Waals surface area contributed by atoms with E-state index >= 15 is 0 Å². The second kappa shape index (κ2) is 10.1.